The van der Waals surface area contributed by atoms with Gasteiger partial charge in [-0.25, -0.2) is 4.98 Å². The highest BCUT2D eigenvalue weighted by Gasteiger charge is 2.35. The lowest BCUT2D eigenvalue weighted by atomic mass is 9.80. The molecule has 2 heterocycles. The Hall–Kier alpha value is -0.870. The Morgan fingerprint density at radius 1 is 1.26 bits per heavy atom. The molecule has 0 atom stereocenters. The highest BCUT2D eigenvalue weighted by Crippen LogP contribution is 2.30. The first-order chi connectivity index (χ1) is 9.27. The van der Waals surface area contributed by atoms with Crippen LogP contribution in [0.4, 0.5) is 0 Å². The van der Waals surface area contributed by atoms with E-state index in [0.717, 1.165) is 25.5 Å². The van der Waals surface area contributed by atoms with Crippen LogP contribution in [-0.2, 0) is 6.54 Å². The number of aromatic nitrogens is 2. The molecule has 1 saturated heterocycles. The van der Waals surface area contributed by atoms with Crippen LogP contribution >= 0.6 is 0 Å². The summed E-state index contributed by atoms with van der Waals surface area (Å²) in [5.41, 5.74) is 0.431. The normalized spacial score (nSPS) is 23.8. The molecule has 0 unspecified atom stereocenters. The molecule has 3 rings (SSSR count). The van der Waals surface area contributed by atoms with Crippen molar-refractivity contribution in [3.05, 3.63) is 18.2 Å². The van der Waals surface area contributed by atoms with Crippen molar-refractivity contribution in [2.24, 2.45) is 0 Å². The average molecular weight is 262 g/mol. The van der Waals surface area contributed by atoms with Gasteiger partial charge in [0, 0.05) is 50.7 Å². The molecule has 106 valence electrons. The second-order valence-corrected chi connectivity index (χ2v) is 6.21. The predicted molar refractivity (Wildman–Crippen MR) is 77.2 cm³/mol. The van der Waals surface area contributed by atoms with Gasteiger partial charge in [-0.15, -0.1) is 0 Å². The third-order valence-corrected chi connectivity index (χ3v) is 4.85. The summed E-state index contributed by atoms with van der Waals surface area (Å²) < 4.78 is 2.26. The molecule has 19 heavy (non-hydrogen) atoms. The zero-order valence-electron chi connectivity index (χ0n) is 12.1. The topological polar surface area (TPSA) is 33.1 Å². The Balaban J connectivity index is 1.55. The Morgan fingerprint density at radius 3 is 2.84 bits per heavy atom. The van der Waals surface area contributed by atoms with Crippen molar-refractivity contribution in [2.45, 2.75) is 51.1 Å². The number of imidazole rings is 1. The fourth-order valence-corrected chi connectivity index (χ4v) is 3.69. The van der Waals surface area contributed by atoms with E-state index in [1.54, 1.807) is 0 Å². The van der Waals surface area contributed by atoms with Crippen LogP contribution in [0.25, 0.3) is 0 Å². The molecular formula is C15H26N4. The first kappa shape index (κ1) is 13.1. The third-order valence-electron chi connectivity index (χ3n) is 4.85. The van der Waals surface area contributed by atoms with Crippen molar-refractivity contribution in [1.82, 2.24) is 19.8 Å². The minimum Gasteiger partial charge on any atom is -0.334 e. The smallest absolute Gasteiger partial charge is 0.105 e. The molecule has 1 N–H and O–H groups in total. The summed E-state index contributed by atoms with van der Waals surface area (Å²) in [5, 5.41) is 3.81. The zero-order valence-corrected chi connectivity index (χ0v) is 12.1. The zero-order chi connectivity index (χ0) is 13.1. The largest absolute Gasteiger partial charge is 0.334 e. The monoisotopic (exact) mass is 262 g/mol. The van der Waals surface area contributed by atoms with Crippen LogP contribution in [0, 0.1) is 6.92 Å². The molecular weight excluding hydrogens is 236 g/mol. The predicted octanol–water partition coefficient (Wildman–Crippen LogP) is 1.80. The summed E-state index contributed by atoms with van der Waals surface area (Å²) in [6.07, 6.45) is 11.0. The third kappa shape index (κ3) is 3.00. The first-order valence-electron chi connectivity index (χ1n) is 7.73. The minimum absolute atomic E-state index is 0.431. The quantitative estimate of drug-likeness (QED) is 0.901. The van der Waals surface area contributed by atoms with Gasteiger partial charge >= 0.3 is 0 Å². The molecule has 4 heteroatoms. The second kappa shape index (κ2) is 5.63. The van der Waals surface area contributed by atoms with E-state index in [1.165, 1.54) is 45.2 Å². The minimum atomic E-state index is 0.431. The number of hydrogen-bond donors (Lipinski definition) is 1. The van der Waals surface area contributed by atoms with Gasteiger partial charge in [0.05, 0.1) is 0 Å². The number of aryl methyl sites for hydroxylation is 1. The van der Waals surface area contributed by atoms with Crippen molar-refractivity contribution < 1.29 is 0 Å². The van der Waals surface area contributed by atoms with Crippen LogP contribution in [0.3, 0.4) is 0 Å². The molecule has 0 amide bonds. The standard InChI is InChI=1S/C15H26N4/c1-14-16-7-10-19(14)12-11-18-9-8-17-15(13-18)5-3-2-4-6-15/h7,10,17H,2-6,8-9,11-13H2,1H3. The molecule has 0 bridgehead atoms. The van der Waals surface area contributed by atoms with Gasteiger partial charge in [-0.05, 0) is 19.8 Å². The van der Waals surface area contributed by atoms with Crippen LogP contribution in [0.5, 0.6) is 0 Å². The number of nitrogens with one attached hydrogen (secondary N) is 1. The molecule has 1 aliphatic carbocycles. The van der Waals surface area contributed by atoms with Crippen LogP contribution in [0.15, 0.2) is 12.4 Å². The molecule has 0 radical (unpaired) electrons. The van der Waals surface area contributed by atoms with Gasteiger partial charge in [-0.2, -0.15) is 0 Å². The van der Waals surface area contributed by atoms with E-state index in [-0.39, 0.29) is 0 Å². The van der Waals surface area contributed by atoms with Crippen molar-refractivity contribution >= 4 is 0 Å². The molecule has 2 aliphatic rings. The van der Waals surface area contributed by atoms with Gasteiger partial charge in [0.15, 0.2) is 0 Å². The van der Waals surface area contributed by atoms with Crippen molar-refractivity contribution in [3.8, 4) is 0 Å². The SMILES string of the molecule is Cc1nccn1CCN1CCNC2(CCCCC2)C1. The van der Waals surface area contributed by atoms with Crippen LogP contribution in [0.2, 0.25) is 0 Å². The maximum Gasteiger partial charge on any atom is 0.105 e. The Bertz CT molecular complexity index is 401. The van der Waals surface area contributed by atoms with E-state index in [4.69, 9.17) is 0 Å². The molecule has 1 saturated carbocycles. The maximum absolute atomic E-state index is 4.30. The lowest BCUT2D eigenvalue weighted by Gasteiger charge is -2.46. The van der Waals surface area contributed by atoms with Gasteiger partial charge in [-0.3, -0.25) is 4.90 Å². The summed E-state index contributed by atoms with van der Waals surface area (Å²) in [6, 6.07) is 0. The summed E-state index contributed by atoms with van der Waals surface area (Å²) >= 11 is 0. The average Bonchev–Trinajstić information content (AvgIpc) is 2.83. The second-order valence-electron chi connectivity index (χ2n) is 6.21. The summed E-state index contributed by atoms with van der Waals surface area (Å²) in [6.45, 7) is 7.89. The Labute approximate surface area is 116 Å². The molecule has 1 aromatic heterocycles. The van der Waals surface area contributed by atoms with Gasteiger partial charge < -0.3 is 9.88 Å². The van der Waals surface area contributed by atoms with Gasteiger partial charge in [0.2, 0.25) is 0 Å². The van der Waals surface area contributed by atoms with E-state index >= 15 is 0 Å². The number of rotatable bonds is 3. The lowest BCUT2D eigenvalue weighted by Crippen LogP contribution is -2.61. The number of nitrogens with zero attached hydrogens (tertiary/aromatic N) is 3. The van der Waals surface area contributed by atoms with Gasteiger partial charge in [-0.1, -0.05) is 19.3 Å². The van der Waals surface area contributed by atoms with E-state index in [2.05, 4.69) is 32.9 Å². The summed E-state index contributed by atoms with van der Waals surface area (Å²) in [7, 11) is 0. The Kier molecular flexibility index (Phi) is 3.89. The van der Waals surface area contributed by atoms with E-state index in [9.17, 15) is 0 Å². The van der Waals surface area contributed by atoms with Crippen LogP contribution in [-0.4, -0.2) is 46.2 Å². The number of hydrogen-bond acceptors (Lipinski definition) is 3. The number of piperazine rings is 1. The summed E-state index contributed by atoms with van der Waals surface area (Å²) in [4.78, 5) is 6.94. The highest BCUT2D eigenvalue weighted by molar-refractivity contribution is 4.97. The van der Waals surface area contributed by atoms with E-state index in [0.29, 0.717) is 5.54 Å². The van der Waals surface area contributed by atoms with Gasteiger partial charge in [0.25, 0.3) is 0 Å². The molecule has 1 aromatic rings. The highest BCUT2D eigenvalue weighted by atomic mass is 15.2. The molecule has 0 aromatic carbocycles. The first-order valence-corrected chi connectivity index (χ1v) is 7.73. The van der Waals surface area contributed by atoms with Crippen LogP contribution < -0.4 is 5.32 Å². The molecule has 2 fully saturated rings. The molecule has 1 spiro atoms. The van der Waals surface area contributed by atoms with Crippen molar-refractivity contribution in [1.29, 1.82) is 0 Å². The van der Waals surface area contributed by atoms with Crippen molar-refractivity contribution in [3.63, 3.8) is 0 Å². The lowest BCUT2D eigenvalue weighted by molar-refractivity contribution is 0.0967. The Morgan fingerprint density at radius 2 is 2.11 bits per heavy atom. The summed E-state index contributed by atoms with van der Waals surface area (Å²) in [5.74, 6) is 1.13. The molecule has 1 aliphatic heterocycles. The van der Waals surface area contributed by atoms with Crippen LogP contribution in [0.1, 0.15) is 37.9 Å². The molecule has 4 nitrogen and oxygen atoms in total. The van der Waals surface area contributed by atoms with E-state index < -0.39 is 0 Å². The van der Waals surface area contributed by atoms with E-state index in [1.807, 2.05) is 6.20 Å². The fourth-order valence-electron chi connectivity index (χ4n) is 3.69. The van der Waals surface area contributed by atoms with Crippen molar-refractivity contribution in [2.75, 3.05) is 26.2 Å². The maximum atomic E-state index is 4.30. The van der Waals surface area contributed by atoms with Gasteiger partial charge in [0.1, 0.15) is 5.82 Å². The fraction of sp³-hybridized carbons (Fsp3) is 0.800.